The molecule has 4 unspecified atom stereocenters. The van der Waals surface area contributed by atoms with Crippen molar-refractivity contribution in [2.45, 2.75) is 240 Å². The molecule has 6 atom stereocenters. The van der Waals surface area contributed by atoms with E-state index >= 15 is 0 Å². The van der Waals surface area contributed by atoms with Crippen LogP contribution < -0.4 is 10.6 Å². The Bertz CT molecular complexity index is 1280. The van der Waals surface area contributed by atoms with Crippen LogP contribution in [0.25, 0.3) is 0 Å². The number of rotatable bonds is 14. The standard InChI is InChI=1S/C26H45N3O3.C11H20O.C6H12.C4H10.C3H6O.C2H6/c1-9-18(24(3,4)5)27-23(32)28-21(26(8)13-11-10-12-14-26)22(31)29-15-17-19(25(17,6)7)20(29)16(2)30;1-5-7-9(3)8-10(4)11(12)6-2;1-5(2)6-3-4-6;1-3-4-2;1-3(2)4;1-2/h17-21H,9-15H2,1-8H3,(H2,27,28,32);9H,4-8H2,1-3H3;5-6H,3-4H2,1-2H3;3-4H2,1-2H3;1-2H3;1-2H3/t17-,18?,19-,20?,21?;;;;;/m0...../s1. The molecule has 3 amide bonds. The SMILES string of the molecule is C=C(CC(C)CCC)C(=O)CC.CC.CC(C)=O.CC(C)C1CC1.CCC(NC(=O)NC(C(=O)N1C[C@H]2[C@@H](C1C(C)=O)C2(C)C)C1(C)CCCCC1)C(C)(C)C.CCCC. The monoisotopic (exact) mass is 846 g/mol. The number of hydrogen-bond donors (Lipinski definition) is 2. The van der Waals surface area contributed by atoms with Gasteiger partial charge in [0.15, 0.2) is 11.6 Å². The van der Waals surface area contributed by atoms with E-state index in [1.54, 1.807) is 11.8 Å². The molecule has 3 aliphatic carbocycles. The van der Waals surface area contributed by atoms with E-state index in [-0.39, 0.29) is 63.5 Å². The van der Waals surface area contributed by atoms with Gasteiger partial charge in [-0.2, -0.15) is 0 Å². The predicted molar refractivity (Wildman–Crippen MR) is 256 cm³/mol. The second-order valence-corrected chi connectivity index (χ2v) is 20.6. The maximum Gasteiger partial charge on any atom is 0.315 e. The number of piperidine rings is 1. The van der Waals surface area contributed by atoms with Gasteiger partial charge < -0.3 is 20.3 Å². The molecule has 2 N–H and O–H groups in total. The number of Topliss-reactive ketones (excluding diaryl/α,β-unsaturated/α-hetero) is 3. The van der Waals surface area contributed by atoms with E-state index in [9.17, 15) is 24.0 Å². The molecule has 1 aliphatic heterocycles. The van der Waals surface area contributed by atoms with Crippen molar-refractivity contribution in [3.8, 4) is 0 Å². The van der Waals surface area contributed by atoms with Gasteiger partial charge in [0.1, 0.15) is 11.8 Å². The van der Waals surface area contributed by atoms with Gasteiger partial charge >= 0.3 is 6.03 Å². The second-order valence-electron chi connectivity index (χ2n) is 20.6. The summed E-state index contributed by atoms with van der Waals surface area (Å²) in [5.74, 6) is 3.66. The quantitative estimate of drug-likeness (QED) is 0.169. The fourth-order valence-electron chi connectivity index (χ4n) is 8.73. The lowest BCUT2D eigenvalue weighted by atomic mass is 9.70. The number of carbonyl (C=O) groups excluding carboxylic acids is 5. The number of ketones is 3. The molecule has 3 saturated carbocycles. The smallest absolute Gasteiger partial charge is 0.315 e. The zero-order valence-electron chi connectivity index (χ0n) is 42.9. The summed E-state index contributed by atoms with van der Waals surface area (Å²) < 4.78 is 0. The van der Waals surface area contributed by atoms with E-state index in [4.69, 9.17) is 0 Å². The van der Waals surface area contributed by atoms with Gasteiger partial charge in [-0.25, -0.2) is 4.79 Å². The Labute approximate surface area is 371 Å². The number of allylic oxidation sites excluding steroid dienone is 1. The molecular formula is C52H99N3O5. The molecule has 4 aliphatic rings. The van der Waals surface area contributed by atoms with Gasteiger partial charge in [-0.3, -0.25) is 14.4 Å². The zero-order valence-corrected chi connectivity index (χ0v) is 42.9. The molecule has 8 nitrogen and oxygen atoms in total. The minimum atomic E-state index is -0.609. The van der Waals surface area contributed by atoms with E-state index in [2.05, 4.69) is 107 Å². The average Bonchev–Trinajstić information content (AvgIpc) is 4.06. The van der Waals surface area contributed by atoms with Crippen molar-refractivity contribution in [2.75, 3.05) is 6.54 Å². The summed E-state index contributed by atoms with van der Waals surface area (Å²) in [6.45, 7) is 43.2. The normalized spacial score (nSPS) is 21.9. The molecule has 352 valence electrons. The van der Waals surface area contributed by atoms with Crippen molar-refractivity contribution < 1.29 is 24.0 Å². The lowest BCUT2D eigenvalue weighted by Crippen LogP contribution is -2.61. The molecule has 1 heterocycles. The lowest BCUT2D eigenvalue weighted by Gasteiger charge is -2.43. The van der Waals surface area contributed by atoms with Crippen LogP contribution in [0.15, 0.2) is 12.2 Å². The summed E-state index contributed by atoms with van der Waals surface area (Å²) in [4.78, 5) is 62.1. The number of amides is 3. The van der Waals surface area contributed by atoms with Gasteiger partial charge in [0.05, 0.1) is 6.04 Å². The number of fused-ring (bicyclic) bond motifs is 1. The largest absolute Gasteiger partial charge is 0.335 e. The van der Waals surface area contributed by atoms with Crippen LogP contribution in [0.3, 0.4) is 0 Å². The van der Waals surface area contributed by atoms with Gasteiger partial charge in [-0.1, -0.05) is 162 Å². The van der Waals surface area contributed by atoms with Crippen LogP contribution in [0.1, 0.15) is 221 Å². The average molecular weight is 846 g/mol. The van der Waals surface area contributed by atoms with Crippen molar-refractivity contribution in [3.05, 3.63) is 12.2 Å². The van der Waals surface area contributed by atoms with Gasteiger partial charge in [-0.05, 0) is 111 Å². The van der Waals surface area contributed by atoms with Gasteiger partial charge in [0, 0.05) is 19.0 Å². The van der Waals surface area contributed by atoms with E-state index in [0.29, 0.717) is 24.8 Å². The molecule has 1 saturated heterocycles. The number of urea groups is 1. The summed E-state index contributed by atoms with van der Waals surface area (Å²) in [7, 11) is 0. The van der Waals surface area contributed by atoms with Gasteiger partial charge in [-0.15, -0.1) is 0 Å². The Kier molecular flexibility index (Phi) is 28.8. The van der Waals surface area contributed by atoms with Crippen LogP contribution in [0.5, 0.6) is 0 Å². The summed E-state index contributed by atoms with van der Waals surface area (Å²) in [6.07, 6.45) is 15.4. The highest BCUT2D eigenvalue weighted by molar-refractivity contribution is 5.94. The Balaban J connectivity index is 0. The number of nitrogens with zero attached hydrogens (tertiary/aromatic N) is 1. The maximum atomic E-state index is 14.0. The lowest BCUT2D eigenvalue weighted by molar-refractivity contribution is -0.143. The maximum absolute atomic E-state index is 14.0. The van der Waals surface area contributed by atoms with Crippen LogP contribution in [-0.2, 0) is 19.2 Å². The summed E-state index contributed by atoms with van der Waals surface area (Å²) in [6, 6.07) is -1.23. The summed E-state index contributed by atoms with van der Waals surface area (Å²) in [5, 5.41) is 6.21. The highest BCUT2D eigenvalue weighted by Gasteiger charge is 2.69. The molecule has 0 aromatic rings. The number of hydrogen-bond acceptors (Lipinski definition) is 5. The Morgan fingerprint density at radius 2 is 1.30 bits per heavy atom. The molecule has 4 fully saturated rings. The Morgan fingerprint density at radius 1 is 0.800 bits per heavy atom. The number of unbranched alkanes of at least 4 members (excludes halogenated alkanes) is 1. The van der Waals surface area contributed by atoms with Crippen molar-refractivity contribution in [1.29, 1.82) is 0 Å². The first-order valence-corrected chi connectivity index (χ1v) is 24.4. The first kappa shape index (κ1) is 59.6. The van der Waals surface area contributed by atoms with Crippen molar-refractivity contribution in [2.24, 2.45) is 45.8 Å². The van der Waals surface area contributed by atoms with E-state index < -0.39 is 6.04 Å². The second kappa shape index (κ2) is 29.0. The molecular weight excluding hydrogens is 747 g/mol. The summed E-state index contributed by atoms with van der Waals surface area (Å²) in [5.41, 5.74) is 0.559. The summed E-state index contributed by atoms with van der Waals surface area (Å²) >= 11 is 0. The number of carbonyl (C=O) groups is 5. The molecule has 8 heteroatoms. The van der Waals surface area contributed by atoms with Crippen molar-refractivity contribution in [1.82, 2.24) is 15.5 Å². The molecule has 0 bridgehead atoms. The number of nitrogens with one attached hydrogen (secondary N) is 2. The van der Waals surface area contributed by atoms with Gasteiger partial charge in [0.2, 0.25) is 5.91 Å². The molecule has 4 rings (SSSR count). The van der Waals surface area contributed by atoms with Gasteiger partial charge in [0.25, 0.3) is 0 Å². The third-order valence-electron chi connectivity index (χ3n) is 13.0. The molecule has 0 aromatic carbocycles. The zero-order chi connectivity index (χ0) is 47.2. The first-order chi connectivity index (χ1) is 27.8. The van der Waals surface area contributed by atoms with Crippen LogP contribution in [0.4, 0.5) is 4.79 Å². The van der Waals surface area contributed by atoms with Crippen LogP contribution >= 0.6 is 0 Å². The first-order valence-electron chi connectivity index (χ1n) is 24.4. The van der Waals surface area contributed by atoms with Crippen molar-refractivity contribution in [3.63, 3.8) is 0 Å². The van der Waals surface area contributed by atoms with Crippen LogP contribution in [-0.4, -0.2) is 58.9 Å². The highest BCUT2D eigenvalue weighted by atomic mass is 16.2. The third kappa shape index (κ3) is 21.0. The molecule has 60 heavy (non-hydrogen) atoms. The Morgan fingerprint density at radius 3 is 1.65 bits per heavy atom. The van der Waals surface area contributed by atoms with E-state index in [1.165, 1.54) is 58.8 Å². The minimum absolute atomic E-state index is 0.0163. The van der Waals surface area contributed by atoms with Crippen LogP contribution in [0.2, 0.25) is 0 Å². The topological polar surface area (TPSA) is 113 Å². The predicted octanol–water partition coefficient (Wildman–Crippen LogP) is 13.3. The Hall–Kier alpha value is -2.51. The van der Waals surface area contributed by atoms with E-state index in [1.807, 2.05) is 20.8 Å². The van der Waals surface area contributed by atoms with Crippen molar-refractivity contribution >= 4 is 29.3 Å². The molecule has 0 radical (unpaired) electrons. The fourth-order valence-corrected chi connectivity index (χ4v) is 8.73. The minimum Gasteiger partial charge on any atom is -0.335 e. The highest BCUT2D eigenvalue weighted by Crippen LogP contribution is 2.65. The fraction of sp³-hybridized carbons (Fsp3) is 0.865. The number of likely N-dealkylation sites (tertiary alicyclic amines) is 1. The molecule has 0 spiro atoms. The third-order valence-corrected chi connectivity index (χ3v) is 13.0. The van der Waals surface area contributed by atoms with E-state index in [0.717, 1.165) is 55.9 Å². The van der Waals surface area contributed by atoms with Crippen LogP contribution in [0, 0.1) is 45.8 Å². The molecule has 0 aromatic heterocycles.